The highest BCUT2D eigenvalue weighted by molar-refractivity contribution is 6.30. The molecule has 7 heteroatoms. The van der Waals surface area contributed by atoms with E-state index in [1.807, 2.05) is 41.3 Å². The zero-order valence-corrected chi connectivity index (χ0v) is 17.0. The van der Waals surface area contributed by atoms with Crippen LogP contribution in [0, 0.1) is 0 Å². The lowest BCUT2D eigenvalue weighted by Gasteiger charge is -2.31. The van der Waals surface area contributed by atoms with E-state index in [0.717, 1.165) is 30.5 Å². The number of anilines is 1. The Bertz CT molecular complexity index is 986. The summed E-state index contributed by atoms with van der Waals surface area (Å²) in [4.78, 5) is 19.1. The number of halogens is 1. The van der Waals surface area contributed by atoms with Gasteiger partial charge in [0, 0.05) is 29.4 Å². The van der Waals surface area contributed by atoms with Crippen molar-refractivity contribution in [2.45, 2.75) is 32.1 Å². The Kier molecular flexibility index (Phi) is 5.81. The third-order valence-corrected chi connectivity index (χ3v) is 5.43. The minimum absolute atomic E-state index is 0.0254. The predicted octanol–water partition coefficient (Wildman–Crippen LogP) is 5.36. The fraction of sp³-hybridized carbons (Fsp3) is 0.318. The highest BCUT2D eigenvalue weighted by atomic mass is 35.5. The average Bonchev–Trinajstić information content (AvgIpc) is 3.25. The van der Waals surface area contributed by atoms with E-state index in [9.17, 15) is 4.79 Å². The number of benzene rings is 2. The number of aromatic nitrogens is 2. The SMILES string of the molecule is CCc1ccc(NC(=O)N2CCC[C@H](c3nc(-c4cccc(Cl)c4)no3)C2)cc1. The maximum Gasteiger partial charge on any atom is 0.321 e. The highest BCUT2D eigenvalue weighted by Gasteiger charge is 2.28. The van der Waals surface area contributed by atoms with Crippen molar-refractivity contribution in [1.82, 2.24) is 15.0 Å². The van der Waals surface area contributed by atoms with Crippen LogP contribution in [-0.4, -0.2) is 34.2 Å². The van der Waals surface area contributed by atoms with E-state index >= 15 is 0 Å². The first-order chi connectivity index (χ1) is 14.1. The number of amides is 2. The van der Waals surface area contributed by atoms with Crippen LogP contribution in [0.1, 0.15) is 37.1 Å². The molecular formula is C22H23ClN4O2. The molecule has 3 aromatic rings. The number of likely N-dealkylation sites (tertiary alicyclic amines) is 1. The predicted molar refractivity (Wildman–Crippen MR) is 113 cm³/mol. The van der Waals surface area contributed by atoms with Gasteiger partial charge >= 0.3 is 6.03 Å². The molecule has 1 N–H and O–H groups in total. The molecule has 150 valence electrons. The number of hydrogen-bond donors (Lipinski definition) is 1. The van der Waals surface area contributed by atoms with E-state index in [2.05, 4.69) is 22.4 Å². The molecule has 1 saturated heterocycles. The van der Waals surface area contributed by atoms with Crippen molar-refractivity contribution in [3.05, 3.63) is 65.0 Å². The topological polar surface area (TPSA) is 71.3 Å². The minimum Gasteiger partial charge on any atom is -0.339 e. The fourth-order valence-electron chi connectivity index (χ4n) is 3.54. The number of nitrogens with one attached hydrogen (secondary N) is 1. The van der Waals surface area contributed by atoms with Crippen LogP contribution in [0.4, 0.5) is 10.5 Å². The molecule has 1 aliphatic heterocycles. The number of carbonyl (C=O) groups is 1. The summed E-state index contributed by atoms with van der Waals surface area (Å²) in [5.74, 6) is 1.10. The van der Waals surface area contributed by atoms with Crippen molar-refractivity contribution in [1.29, 1.82) is 0 Å². The van der Waals surface area contributed by atoms with E-state index < -0.39 is 0 Å². The molecule has 0 radical (unpaired) electrons. The first-order valence-electron chi connectivity index (χ1n) is 9.87. The lowest BCUT2D eigenvalue weighted by molar-refractivity contribution is 0.184. The standard InChI is InChI=1S/C22H23ClN4O2/c1-2-15-8-10-19(11-9-15)24-22(28)27-12-4-6-17(14-27)21-25-20(26-29-21)16-5-3-7-18(23)13-16/h3,5,7-11,13,17H,2,4,6,12,14H2,1H3,(H,24,28)/t17-/m0/s1. The average molecular weight is 411 g/mol. The van der Waals surface area contributed by atoms with Crippen LogP contribution in [-0.2, 0) is 6.42 Å². The number of aryl methyl sites for hydroxylation is 1. The number of piperidine rings is 1. The zero-order chi connectivity index (χ0) is 20.2. The number of nitrogens with zero attached hydrogens (tertiary/aromatic N) is 3. The van der Waals surface area contributed by atoms with Gasteiger partial charge in [-0.15, -0.1) is 0 Å². The molecule has 0 saturated carbocycles. The quantitative estimate of drug-likeness (QED) is 0.628. The number of urea groups is 1. The molecule has 1 fully saturated rings. The maximum atomic E-state index is 12.7. The largest absolute Gasteiger partial charge is 0.339 e. The molecule has 1 aromatic heterocycles. The first-order valence-corrected chi connectivity index (χ1v) is 10.2. The van der Waals surface area contributed by atoms with Crippen LogP contribution in [0.3, 0.4) is 0 Å². The Labute approximate surface area is 174 Å². The molecule has 0 spiro atoms. The van der Waals surface area contributed by atoms with Crippen LogP contribution >= 0.6 is 11.6 Å². The number of carbonyl (C=O) groups excluding carboxylic acids is 1. The summed E-state index contributed by atoms with van der Waals surface area (Å²) in [5.41, 5.74) is 2.86. The molecule has 0 bridgehead atoms. The van der Waals surface area contributed by atoms with Crippen LogP contribution < -0.4 is 5.32 Å². The summed E-state index contributed by atoms with van der Waals surface area (Å²) in [7, 11) is 0. The molecule has 29 heavy (non-hydrogen) atoms. The Hall–Kier alpha value is -2.86. The van der Waals surface area contributed by atoms with Crippen LogP contribution in [0.15, 0.2) is 53.1 Å². The van der Waals surface area contributed by atoms with Gasteiger partial charge in [-0.1, -0.05) is 47.9 Å². The van der Waals surface area contributed by atoms with Gasteiger partial charge in [-0.3, -0.25) is 0 Å². The van der Waals surface area contributed by atoms with E-state index in [4.69, 9.17) is 16.1 Å². The van der Waals surface area contributed by atoms with Gasteiger partial charge in [0.2, 0.25) is 11.7 Å². The summed E-state index contributed by atoms with van der Waals surface area (Å²) in [5, 5.41) is 7.70. The summed E-state index contributed by atoms with van der Waals surface area (Å²) >= 11 is 6.05. The first kappa shape index (κ1) is 19.5. The smallest absolute Gasteiger partial charge is 0.321 e. The molecule has 1 atom stereocenters. The van der Waals surface area contributed by atoms with Gasteiger partial charge < -0.3 is 14.7 Å². The minimum atomic E-state index is -0.103. The summed E-state index contributed by atoms with van der Waals surface area (Å²) in [6, 6.07) is 15.2. The van der Waals surface area contributed by atoms with Crippen LogP contribution in [0.25, 0.3) is 11.4 Å². The van der Waals surface area contributed by atoms with Gasteiger partial charge in [-0.05, 0) is 49.1 Å². The van der Waals surface area contributed by atoms with Crippen LogP contribution in [0.5, 0.6) is 0 Å². The maximum absolute atomic E-state index is 12.7. The van der Waals surface area contributed by atoms with Gasteiger partial charge in [-0.25, -0.2) is 4.79 Å². The van der Waals surface area contributed by atoms with Crippen LogP contribution in [0.2, 0.25) is 5.02 Å². The van der Waals surface area contributed by atoms with Crippen molar-refractivity contribution < 1.29 is 9.32 Å². The summed E-state index contributed by atoms with van der Waals surface area (Å²) in [6.45, 7) is 3.37. The van der Waals surface area contributed by atoms with Crippen molar-refractivity contribution in [2.75, 3.05) is 18.4 Å². The second kappa shape index (κ2) is 8.66. The Balaban J connectivity index is 1.42. The lowest BCUT2D eigenvalue weighted by atomic mass is 9.98. The third-order valence-electron chi connectivity index (χ3n) is 5.20. The summed E-state index contributed by atoms with van der Waals surface area (Å²) in [6.07, 6.45) is 2.78. The third kappa shape index (κ3) is 4.59. The molecule has 6 nitrogen and oxygen atoms in total. The monoisotopic (exact) mass is 410 g/mol. The van der Waals surface area contributed by atoms with E-state index in [1.165, 1.54) is 5.56 Å². The van der Waals surface area contributed by atoms with Gasteiger partial charge in [0.05, 0.1) is 5.92 Å². The molecular weight excluding hydrogens is 388 g/mol. The van der Waals surface area contributed by atoms with Gasteiger partial charge in [-0.2, -0.15) is 4.98 Å². The van der Waals surface area contributed by atoms with Gasteiger partial charge in [0.25, 0.3) is 0 Å². The molecule has 4 rings (SSSR count). The van der Waals surface area contributed by atoms with Crippen molar-refractivity contribution in [3.63, 3.8) is 0 Å². The van der Waals surface area contributed by atoms with E-state index in [0.29, 0.717) is 29.8 Å². The van der Waals surface area contributed by atoms with E-state index in [-0.39, 0.29) is 11.9 Å². The van der Waals surface area contributed by atoms with Crippen molar-refractivity contribution >= 4 is 23.3 Å². The normalized spacial score (nSPS) is 16.6. The number of hydrogen-bond acceptors (Lipinski definition) is 4. The molecule has 0 aliphatic carbocycles. The molecule has 1 aliphatic rings. The highest BCUT2D eigenvalue weighted by Crippen LogP contribution is 2.28. The Morgan fingerprint density at radius 2 is 2.10 bits per heavy atom. The zero-order valence-electron chi connectivity index (χ0n) is 16.3. The van der Waals surface area contributed by atoms with Crippen molar-refractivity contribution in [3.8, 4) is 11.4 Å². The lowest BCUT2D eigenvalue weighted by Crippen LogP contribution is -2.41. The number of rotatable bonds is 4. The Morgan fingerprint density at radius 1 is 1.28 bits per heavy atom. The van der Waals surface area contributed by atoms with Gasteiger partial charge in [0.15, 0.2) is 0 Å². The van der Waals surface area contributed by atoms with Gasteiger partial charge in [0.1, 0.15) is 0 Å². The molecule has 2 aromatic carbocycles. The molecule has 2 amide bonds. The Morgan fingerprint density at radius 3 is 2.86 bits per heavy atom. The second-order valence-electron chi connectivity index (χ2n) is 7.23. The summed E-state index contributed by atoms with van der Waals surface area (Å²) < 4.78 is 5.51. The second-order valence-corrected chi connectivity index (χ2v) is 7.67. The van der Waals surface area contributed by atoms with E-state index in [1.54, 1.807) is 12.1 Å². The fourth-order valence-corrected chi connectivity index (χ4v) is 3.73. The van der Waals surface area contributed by atoms with Crippen molar-refractivity contribution in [2.24, 2.45) is 0 Å². The molecule has 0 unspecified atom stereocenters. The molecule has 2 heterocycles.